The van der Waals surface area contributed by atoms with Crippen molar-refractivity contribution in [3.63, 3.8) is 0 Å². The molecular formula is C17H22N2O2. The van der Waals surface area contributed by atoms with E-state index >= 15 is 0 Å². The van der Waals surface area contributed by atoms with Crippen molar-refractivity contribution in [2.75, 3.05) is 5.32 Å². The number of aryl methyl sites for hydroxylation is 2. The quantitative estimate of drug-likeness (QED) is 0.904. The summed E-state index contributed by atoms with van der Waals surface area (Å²) in [5.74, 6) is 1.25. The van der Waals surface area contributed by atoms with Crippen LogP contribution in [0.1, 0.15) is 48.8 Å². The predicted molar refractivity (Wildman–Crippen MR) is 83.5 cm³/mol. The fourth-order valence-electron chi connectivity index (χ4n) is 2.30. The number of anilines is 1. The van der Waals surface area contributed by atoms with Gasteiger partial charge in [0.1, 0.15) is 5.76 Å². The van der Waals surface area contributed by atoms with Crippen molar-refractivity contribution in [2.24, 2.45) is 0 Å². The minimum atomic E-state index is 0.0101. The molecule has 2 aromatic rings. The standard InChI is InChI=1S/C17H22N2O2/c1-11(2)14-6-5-7-15(10-14)18-17(20)9-8-16-12(3)19-21-13(16)4/h5-7,10-11H,8-9H2,1-4H3,(H,18,20). The van der Waals surface area contributed by atoms with E-state index in [4.69, 9.17) is 4.52 Å². The van der Waals surface area contributed by atoms with Gasteiger partial charge in [-0.3, -0.25) is 4.79 Å². The van der Waals surface area contributed by atoms with E-state index in [-0.39, 0.29) is 5.91 Å². The highest BCUT2D eigenvalue weighted by Gasteiger charge is 2.11. The van der Waals surface area contributed by atoms with Gasteiger partial charge < -0.3 is 9.84 Å². The second kappa shape index (κ2) is 6.57. The minimum absolute atomic E-state index is 0.0101. The topological polar surface area (TPSA) is 55.1 Å². The lowest BCUT2D eigenvalue weighted by molar-refractivity contribution is -0.116. The first-order chi connectivity index (χ1) is 9.97. The minimum Gasteiger partial charge on any atom is -0.361 e. The second-order valence-electron chi connectivity index (χ2n) is 5.63. The van der Waals surface area contributed by atoms with E-state index in [9.17, 15) is 4.79 Å². The zero-order valence-electron chi connectivity index (χ0n) is 13.1. The highest BCUT2D eigenvalue weighted by atomic mass is 16.5. The molecule has 0 unspecified atom stereocenters. The maximum atomic E-state index is 12.0. The molecule has 0 aliphatic heterocycles. The van der Waals surface area contributed by atoms with Crippen LogP contribution in [0.15, 0.2) is 28.8 Å². The van der Waals surface area contributed by atoms with Gasteiger partial charge >= 0.3 is 0 Å². The van der Waals surface area contributed by atoms with E-state index < -0.39 is 0 Å². The van der Waals surface area contributed by atoms with Crippen LogP contribution in [-0.2, 0) is 11.2 Å². The molecule has 4 heteroatoms. The summed E-state index contributed by atoms with van der Waals surface area (Å²) in [5, 5.41) is 6.85. The highest BCUT2D eigenvalue weighted by molar-refractivity contribution is 5.90. The Balaban J connectivity index is 1.94. The number of aromatic nitrogens is 1. The fourth-order valence-corrected chi connectivity index (χ4v) is 2.30. The number of carbonyl (C=O) groups excluding carboxylic acids is 1. The molecule has 0 radical (unpaired) electrons. The molecule has 1 N–H and O–H groups in total. The van der Waals surface area contributed by atoms with Crippen LogP contribution >= 0.6 is 0 Å². The van der Waals surface area contributed by atoms with Gasteiger partial charge in [0.15, 0.2) is 0 Å². The third-order valence-electron chi connectivity index (χ3n) is 3.62. The number of hydrogen-bond donors (Lipinski definition) is 1. The lowest BCUT2D eigenvalue weighted by Gasteiger charge is -2.09. The van der Waals surface area contributed by atoms with Crippen LogP contribution < -0.4 is 5.32 Å². The van der Waals surface area contributed by atoms with E-state index in [0.29, 0.717) is 18.8 Å². The summed E-state index contributed by atoms with van der Waals surface area (Å²) in [6.45, 7) is 8.05. The Morgan fingerprint density at radius 2 is 2.10 bits per heavy atom. The van der Waals surface area contributed by atoms with Gasteiger partial charge in [-0.2, -0.15) is 0 Å². The van der Waals surface area contributed by atoms with Gasteiger partial charge in [0.2, 0.25) is 5.91 Å². The van der Waals surface area contributed by atoms with Crippen molar-refractivity contribution in [2.45, 2.75) is 46.5 Å². The van der Waals surface area contributed by atoms with Crippen molar-refractivity contribution >= 4 is 11.6 Å². The largest absolute Gasteiger partial charge is 0.361 e. The Morgan fingerprint density at radius 1 is 1.33 bits per heavy atom. The van der Waals surface area contributed by atoms with Gasteiger partial charge in [0.25, 0.3) is 0 Å². The molecule has 0 fully saturated rings. The summed E-state index contributed by atoms with van der Waals surface area (Å²) in [7, 11) is 0. The number of nitrogens with zero attached hydrogens (tertiary/aromatic N) is 1. The molecule has 0 saturated heterocycles. The molecule has 0 saturated carbocycles. The molecule has 0 atom stereocenters. The summed E-state index contributed by atoms with van der Waals surface area (Å²) in [6.07, 6.45) is 1.08. The lowest BCUT2D eigenvalue weighted by Crippen LogP contribution is -2.12. The lowest BCUT2D eigenvalue weighted by atomic mass is 10.0. The third-order valence-corrected chi connectivity index (χ3v) is 3.62. The van der Waals surface area contributed by atoms with Crippen molar-refractivity contribution in [1.29, 1.82) is 0 Å². The number of amides is 1. The number of rotatable bonds is 5. The van der Waals surface area contributed by atoms with Crippen molar-refractivity contribution in [1.82, 2.24) is 5.16 Å². The van der Waals surface area contributed by atoms with Gasteiger partial charge in [0, 0.05) is 17.7 Å². The average molecular weight is 286 g/mol. The second-order valence-corrected chi connectivity index (χ2v) is 5.63. The van der Waals surface area contributed by atoms with Gasteiger partial charge in [-0.1, -0.05) is 31.1 Å². The fraction of sp³-hybridized carbons (Fsp3) is 0.412. The molecule has 112 valence electrons. The molecule has 2 rings (SSSR count). The molecule has 0 aliphatic rings. The summed E-state index contributed by atoms with van der Waals surface area (Å²) in [5.41, 5.74) is 3.96. The first-order valence-electron chi connectivity index (χ1n) is 7.29. The monoisotopic (exact) mass is 286 g/mol. The van der Waals surface area contributed by atoms with Gasteiger partial charge in [0.05, 0.1) is 5.69 Å². The van der Waals surface area contributed by atoms with Crippen LogP contribution in [0, 0.1) is 13.8 Å². The van der Waals surface area contributed by atoms with Gasteiger partial charge in [-0.15, -0.1) is 0 Å². The maximum absolute atomic E-state index is 12.0. The summed E-state index contributed by atoms with van der Waals surface area (Å²) < 4.78 is 5.11. The van der Waals surface area contributed by atoms with E-state index in [1.54, 1.807) is 0 Å². The van der Waals surface area contributed by atoms with E-state index in [1.807, 2.05) is 32.0 Å². The average Bonchev–Trinajstić information content (AvgIpc) is 2.76. The van der Waals surface area contributed by atoms with Gasteiger partial charge in [-0.25, -0.2) is 0 Å². The van der Waals surface area contributed by atoms with Crippen LogP contribution in [0.5, 0.6) is 0 Å². The van der Waals surface area contributed by atoms with Crippen molar-refractivity contribution in [3.05, 3.63) is 46.8 Å². The molecule has 0 aliphatic carbocycles. The zero-order valence-corrected chi connectivity index (χ0v) is 13.1. The summed E-state index contributed by atoms with van der Waals surface area (Å²) in [4.78, 5) is 12.0. The maximum Gasteiger partial charge on any atom is 0.224 e. The van der Waals surface area contributed by atoms with E-state index in [0.717, 1.165) is 22.7 Å². The van der Waals surface area contributed by atoms with Crippen LogP contribution in [0.2, 0.25) is 0 Å². The Morgan fingerprint density at radius 3 is 2.71 bits per heavy atom. The number of carbonyl (C=O) groups is 1. The van der Waals surface area contributed by atoms with Crippen molar-refractivity contribution in [3.8, 4) is 0 Å². The molecule has 0 bridgehead atoms. The zero-order chi connectivity index (χ0) is 15.4. The molecule has 1 aromatic carbocycles. The molecule has 1 amide bonds. The van der Waals surface area contributed by atoms with Crippen molar-refractivity contribution < 1.29 is 9.32 Å². The molecule has 0 spiro atoms. The number of benzene rings is 1. The van der Waals surface area contributed by atoms with E-state index in [2.05, 4.69) is 30.4 Å². The SMILES string of the molecule is Cc1noc(C)c1CCC(=O)Nc1cccc(C(C)C)c1. The Bertz CT molecular complexity index is 610. The Hall–Kier alpha value is -2.10. The predicted octanol–water partition coefficient (Wildman–Crippen LogP) is 3.99. The number of hydrogen-bond acceptors (Lipinski definition) is 3. The summed E-state index contributed by atoms with van der Waals surface area (Å²) in [6, 6.07) is 7.99. The Kier molecular flexibility index (Phi) is 4.78. The van der Waals surface area contributed by atoms with Crippen LogP contribution in [-0.4, -0.2) is 11.1 Å². The Labute approximate surface area is 125 Å². The highest BCUT2D eigenvalue weighted by Crippen LogP contribution is 2.19. The normalized spacial score (nSPS) is 10.9. The molecule has 1 aromatic heterocycles. The van der Waals surface area contributed by atoms with Crippen LogP contribution in [0.25, 0.3) is 0 Å². The smallest absolute Gasteiger partial charge is 0.224 e. The summed E-state index contributed by atoms with van der Waals surface area (Å²) >= 11 is 0. The molecule has 1 heterocycles. The molecule has 21 heavy (non-hydrogen) atoms. The van der Waals surface area contributed by atoms with Crippen LogP contribution in [0.3, 0.4) is 0 Å². The van der Waals surface area contributed by atoms with E-state index in [1.165, 1.54) is 5.56 Å². The first-order valence-corrected chi connectivity index (χ1v) is 7.29. The van der Waals surface area contributed by atoms with Gasteiger partial charge in [-0.05, 0) is 43.9 Å². The van der Waals surface area contributed by atoms with Crippen LogP contribution in [0.4, 0.5) is 5.69 Å². The molecular weight excluding hydrogens is 264 g/mol. The number of nitrogens with one attached hydrogen (secondary N) is 1. The first kappa shape index (κ1) is 15.3. The molecule has 4 nitrogen and oxygen atoms in total. The third kappa shape index (κ3) is 3.94.